The number of aromatic nitrogens is 4. The molecule has 2 aliphatic heterocycles. The number of hydrogen-bond donors (Lipinski definition) is 1. The fourth-order valence-electron chi connectivity index (χ4n) is 7.08. The van der Waals surface area contributed by atoms with Crippen molar-refractivity contribution in [2.45, 2.75) is 63.5 Å². The van der Waals surface area contributed by atoms with Crippen molar-refractivity contribution in [1.29, 1.82) is 0 Å². The van der Waals surface area contributed by atoms with Gasteiger partial charge in [0.2, 0.25) is 22.4 Å². The Morgan fingerprint density at radius 2 is 1.26 bits per heavy atom. The number of para-hydroxylation sites is 2. The summed E-state index contributed by atoms with van der Waals surface area (Å²) in [5, 5.41) is 3.82. The standard InChI is InChI=1S/C18H19ClN4O.C17H17ClN4O/c1-22(16-13-8-5-9-14(13)20-18(19)21-16)15-10-11-23(17(15)24)12-6-3-2-4-7-12;18-17-20-13-8-4-7-12(13)15(21-17)19-14-9-10-22(16(14)23)11-5-2-1-3-6-11/h2-4,6-7,15H,5,8-11H2,1H3;1-3,5-6,14H,4,7-10H2,(H,19,20,21)/t15-;14-/m11/s1. The summed E-state index contributed by atoms with van der Waals surface area (Å²) in [5.41, 5.74) is 6.19. The predicted octanol–water partition coefficient (Wildman–Crippen LogP) is 5.70. The van der Waals surface area contributed by atoms with Gasteiger partial charge in [-0.2, -0.15) is 0 Å². The van der Waals surface area contributed by atoms with Crippen LogP contribution >= 0.6 is 23.2 Å². The number of benzene rings is 2. The van der Waals surface area contributed by atoms with E-state index < -0.39 is 0 Å². The highest BCUT2D eigenvalue weighted by Crippen LogP contribution is 2.33. The van der Waals surface area contributed by atoms with E-state index in [4.69, 9.17) is 23.2 Å². The highest BCUT2D eigenvalue weighted by Gasteiger charge is 2.37. The predicted molar refractivity (Wildman–Crippen MR) is 185 cm³/mol. The molecule has 0 radical (unpaired) electrons. The average Bonchev–Trinajstić information content (AvgIpc) is 3.89. The van der Waals surface area contributed by atoms with E-state index in [1.807, 2.05) is 82.4 Å². The van der Waals surface area contributed by atoms with Crippen molar-refractivity contribution in [3.63, 3.8) is 0 Å². The maximum Gasteiger partial charge on any atom is 0.249 e. The van der Waals surface area contributed by atoms with E-state index in [9.17, 15) is 9.59 Å². The summed E-state index contributed by atoms with van der Waals surface area (Å²) in [6.07, 6.45) is 7.43. The first kappa shape index (κ1) is 31.3. The van der Waals surface area contributed by atoms with Crippen LogP contribution in [0.1, 0.15) is 48.2 Å². The van der Waals surface area contributed by atoms with Gasteiger partial charge < -0.3 is 20.0 Å². The van der Waals surface area contributed by atoms with Gasteiger partial charge in [0.15, 0.2) is 0 Å². The first-order valence-corrected chi connectivity index (χ1v) is 17.0. The summed E-state index contributed by atoms with van der Waals surface area (Å²) in [6, 6.07) is 19.1. The molecule has 2 fully saturated rings. The van der Waals surface area contributed by atoms with Crippen LogP contribution in [0, 0.1) is 0 Å². The molecule has 2 aromatic carbocycles. The molecule has 12 heteroatoms. The Balaban J connectivity index is 0.000000150. The van der Waals surface area contributed by atoms with E-state index in [-0.39, 0.29) is 34.5 Å². The van der Waals surface area contributed by atoms with Crippen molar-refractivity contribution >= 4 is 58.0 Å². The molecule has 2 aliphatic carbocycles. The molecule has 0 unspecified atom stereocenters. The number of halogens is 2. The summed E-state index contributed by atoms with van der Waals surface area (Å²) >= 11 is 12.1. The second kappa shape index (κ2) is 13.4. The molecule has 2 saturated heterocycles. The van der Waals surface area contributed by atoms with Gasteiger partial charge in [-0.1, -0.05) is 36.4 Å². The van der Waals surface area contributed by atoms with Gasteiger partial charge >= 0.3 is 0 Å². The first-order valence-electron chi connectivity index (χ1n) is 16.2. The molecule has 10 nitrogen and oxygen atoms in total. The second-order valence-corrected chi connectivity index (χ2v) is 12.9. The van der Waals surface area contributed by atoms with Gasteiger partial charge in [0, 0.05) is 42.6 Å². The molecule has 1 N–H and O–H groups in total. The lowest BCUT2D eigenvalue weighted by atomic mass is 10.1. The molecular formula is C35H36Cl2N8O2. The first-order chi connectivity index (χ1) is 22.9. The molecule has 4 heterocycles. The normalized spacial score (nSPS) is 19.8. The number of carbonyl (C=O) groups is 2. The maximum atomic E-state index is 12.9. The van der Waals surface area contributed by atoms with Crippen molar-refractivity contribution in [3.05, 3.63) is 93.7 Å². The van der Waals surface area contributed by atoms with Crippen molar-refractivity contribution in [2.24, 2.45) is 0 Å². The van der Waals surface area contributed by atoms with Gasteiger partial charge in [-0.3, -0.25) is 9.59 Å². The molecule has 2 atom stereocenters. The highest BCUT2D eigenvalue weighted by atomic mass is 35.5. The Morgan fingerprint density at radius 3 is 1.91 bits per heavy atom. The highest BCUT2D eigenvalue weighted by molar-refractivity contribution is 6.28. The zero-order valence-corrected chi connectivity index (χ0v) is 27.7. The summed E-state index contributed by atoms with van der Waals surface area (Å²) in [4.78, 5) is 48.6. The number of rotatable bonds is 6. The van der Waals surface area contributed by atoms with Crippen molar-refractivity contribution in [2.75, 3.05) is 40.2 Å². The molecule has 0 saturated carbocycles. The monoisotopic (exact) mass is 670 g/mol. The molecule has 0 bridgehead atoms. The molecule has 8 rings (SSSR count). The number of likely N-dealkylation sites (N-methyl/N-ethyl adjacent to an activating group) is 1. The van der Waals surface area contributed by atoms with Gasteiger partial charge in [0.25, 0.3) is 0 Å². The molecular weight excluding hydrogens is 635 g/mol. The van der Waals surface area contributed by atoms with Gasteiger partial charge in [0.05, 0.1) is 11.4 Å². The molecule has 4 aliphatic rings. The lowest BCUT2D eigenvalue weighted by molar-refractivity contribution is -0.118. The van der Waals surface area contributed by atoms with E-state index in [1.165, 1.54) is 0 Å². The minimum atomic E-state index is -0.258. The fourth-order valence-corrected chi connectivity index (χ4v) is 7.44. The van der Waals surface area contributed by atoms with Gasteiger partial charge in [0.1, 0.15) is 23.7 Å². The van der Waals surface area contributed by atoms with E-state index in [2.05, 4.69) is 25.3 Å². The van der Waals surface area contributed by atoms with E-state index in [0.29, 0.717) is 6.54 Å². The summed E-state index contributed by atoms with van der Waals surface area (Å²) in [5.74, 6) is 1.74. The van der Waals surface area contributed by atoms with E-state index in [1.54, 1.807) is 0 Å². The van der Waals surface area contributed by atoms with Crippen LogP contribution < -0.4 is 20.0 Å². The zero-order valence-electron chi connectivity index (χ0n) is 26.2. The molecule has 0 spiro atoms. The smallest absolute Gasteiger partial charge is 0.249 e. The largest absolute Gasteiger partial charge is 0.358 e. The molecule has 242 valence electrons. The Kier molecular flexibility index (Phi) is 8.96. The third kappa shape index (κ3) is 6.36. The number of carbonyl (C=O) groups excluding carboxylic acids is 2. The molecule has 4 aromatic rings. The van der Waals surface area contributed by atoms with Crippen molar-refractivity contribution < 1.29 is 9.59 Å². The molecule has 2 aromatic heterocycles. The number of nitrogens with one attached hydrogen (secondary N) is 1. The molecule has 2 amide bonds. The number of amides is 2. The van der Waals surface area contributed by atoms with Crippen LogP contribution in [0.5, 0.6) is 0 Å². The van der Waals surface area contributed by atoms with Crippen LogP contribution in [-0.4, -0.2) is 64.0 Å². The lowest BCUT2D eigenvalue weighted by Gasteiger charge is -2.26. The fraction of sp³-hybridized carbons (Fsp3) is 0.371. The average molecular weight is 672 g/mol. The van der Waals surface area contributed by atoms with E-state index in [0.717, 1.165) is 103 Å². The van der Waals surface area contributed by atoms with Crippen molar-refractivity contribution in [1.82, 2.24) is 19.9 Å². The Hall–Kier alpha value is -4.28. The van der Waals surface area contributed by atoms with Crippen LogP contribution in [0.2, 0.25) is 10.6 Å². The van der Waals surface area contributed by atoms with Crippen LogP contribution in [0.25, 0.3) is 0 Å². The summed E-state index contributed by atoms with van der Waals surface area (Å²) in [6.45, 7) is 1.43. The minimum Gasteiger partial charge on any atom is -0.358 e. The lowest BCUT2D eigenvalue weighted by Crippen LogP contribution is -2.40. The number of anilines is 4. The van der Waals surface area contributed by atoms with E-state index >= 15 is 0 Å². The number of nitrogens with zero attached hydrogens (tertiary/aromatic N) is 7. The van der Waals surface area contributed by atoms with Crippen LogP contribution in [-0.2, 0) is 35.3 Å². The number of hydrogen-bond acceptors (Lipinski definition) is 8. The number of aryl methyl sites for hydroxylation is 2. The third-order valence-electron chi connectivity index (χ3n) is 9.42. The topological polar surface area (TPSA) is 107 Å². The minimum absolute atomic E-state index is 0.0812. The SMILES string of the molecule is CN(c1nc(Cl)nc2c1CCC2)[C@@H]1CCN(c2ccccc2)C1=O.O=C1[C@H](Nc2nc(Cl)nc3c2CCC3)CCN1c1ccccc1. The second-order valence-electron chi connectivity index (χ2n) is 12.3. The van der Waals surface area contributed by atoms with Gasteiger partial charge in [-0.25, -0.2) is 19.9 Å². The summed E-state index contributed by atoms with van der Waals surface area (Å²) < 4.78 is 0. The zero-order chi connectivity index (χ0) is 32.5. The quantitative estimate of drug-likeness (QED) is 0.261. The van der Waals surface area contributed by atoms with Crippen LogP contribution in [0.15, 0.2) is 60.7 Å². The third-order valence-corrected chi connectivity index (χ3v) is 9.76. The molecule has 47 heavy (non-hydrogen) atoms. The Bertz CT molecular complexity index is 1790. The van der Waals surface area contributed by atoms with Crippen molar-refractivity contribution in [3.8, 4) is 0 Å². The van der Waals surface area contributed by atoms with Crippen LogP contribution in [0.4, 0.5) is 23.0 Å². The summed E-state index contributed by atoms with van der Waals surface area (Å²) in [7, 11) is 1.94. The van der Waals surface area contributed by atoms with Gasteiger partial charge in [-0.15, -0.1) is 0 Å². The maximum absolute atomic E-state index is 12.9. The van der Waals surface area contributed by atoms with Crippen LogP contribution in [0.3, 0.4) is 0 Å². The van der Waals surface area contributed by atoms with Gasteiger partial charge in [-0.05, 0) is 98.8 Å². The number of fused-ring (bicyclic) bond motifs is 2. The Labute approximate surface area is 284 Å². The Morgan fingerprint density at radius 1 is 0.702 bits per heavy atom.